The van der Waals surface area contributed by atoms with Crippen molar-refractivity contribution in [2.45, 2.75) is 171 Å². The standard InChI is InChI=1S/C72H101N13O10S3/c1-8-83(9-2)55-30-33-59-64(44-55)95-65-45-56(84(10-3)11-4)31-34-60(65)68(59)61-35-32-58(47-66(61)98(92,93)94)97(90,91)77-40-25-19-17-15-13-12-14-16-18-24-38-74-72(89)75-39-26-23-29-62(79-67(86)46-57-50-96-71(73)81(57)5)69(87)80-63(70(88)78-53-36-41-85(6,7)42-37-53)43-54-49-82(51-76-54)48-52-27-21-20-22-28-52/h20-22,27-28,30-35,44-45,47,49-51,53,62-63,73,77H,8-19,23-26,29,36-43,46,48H2,1-7H3,(H4-2,74,75,78,79,80,86,87,88,89,92,93,94)/p+3/t62-,63-/m0/s1. The van der Waals surface area contributed by atoms with E-state index in [1.165, 1.54) is 23.5 Å². The Hall–Kier alpha value is -7.75. The molecule has 0 radical (unpaired) electrons. The van der Waals surface area contributed by atoms with Crippen LogP contribution in [0.3, 0.4) is 0 Å². The van der Waals surface area contributed by atoms with Crippen molar-refractivity contribution in [3.8, 4) is 22.5 Å². The Bertz CT molecular complexity index is 4130. The van der Waals surface area contributed by atoms with Crippen molar-refractivity contribution >= 4 is 71.9 Å². The molecule has 532 valence electrons. The number of thiazole rings is 1. The van der Waals surface area contributed by atoms with E-state index in [4.69, 9.17) is 9.83 Å². The van der Waals surface area contributed by atoms with Gasteiger partial charge in [0.15, 0.2) is 4.80 Å². The zero-order valence-corrected chi connectivity index (χ0v) is 60.7. The molecule has 1 fully saturated rings. The highest BCUT2D eigenvalue weighted by Gasteiger charge is 2.33. The molecule has 2 aliphatic heterocycles. The number of benzene rings is 4. The summed E-state index contributed by atoms with van der Waals surface area (Å²) in [7, 11) is -3.00. The Morgan fingerprint density at radius 2 is 1.42 bits per heavy atom. The van der Waals surface area contributed by atoms with Gasteiger partial charge in [-0.05, 0) is 95.7 Å². The zero-order chi connectivity index (χ0) is 70.4. The monoisotopic (exact) mass is 1410 g/mol. The molecule has 3 aliphatic rings. The number of nitrogens with zero attached hydrogens (tertiary/aromatic N) is 5. The van der Waals surface area contributed by atoms with Crippen molar-refractivity contribution in [3.05, 3.63) is 130 Å². The highest BCUT2D eigenvalue weighted by Crippen LogP contribution is 2.43. The van der Waals surface area contributed by atoms with Crippen LogP contribution in [0.25, 0.3) is 33.4 Å². The molecule has 0 bridgehead atoms. The van der Waals surface area contributed by atoms with Gasteiger partial charge in [0, 0.05) is 116 Å². The molecule has 1 aliphatic carbocycles. The SMILES string of the molecule is CCN(CC)c1ccc2c(-c3ccc(S(=O)(=O)NCCCCCCCCCCCCNC(=O)NCCCC[C@H](NC(=O)Cc4csc(=N)n4C)C(=O)N[C@@H](Cc4c[n+](Cc5ccccc5)c[nH]4)C(=O)NC4CC[N+](C)(C)CC4)cc3S(=O)(=O)O)c3ccc(=[N+](CC)CC)cc-3oc2c1. The highest BCUT2D eigenvalue weighted by atomic mass is 32.2. The first-order chi connectivity index (χ1) is 47.0. The number of imidazole rings is 1. The number of fused-ring (bicyclic) bond motifs is 2. The maximum atomic E-state index is 14.3. The minimum absolute atomic E-state index is 0.0287. The van der Waals surface area contributed by atoms with Crippen molar-refractivity contribution in [1.29, 1.82) is 5.41 Å². The third-order valence-electron chi connectivity index (χ3n) is 18.7. The average Bonchev–Trinajstić information content (AvgIpc) is 0.827. The number of piperidine rings is 1. The summed E-state index contributed by atoms with van der Waals surface area (Å²) in [5, 5.41) is 26.4. The van der Waals surface area contributed by atoms with E-state index < -0.39 is 43.0 Å². The van der Waals surface area contributed by atoms with E-state index in [0.29, 0.717) is 77.2 Å². The number of H-pyrrole nitrogens is 1. The van der Waals surface area contributed by atoms with Crippen molar-refractivity contribution in [2.75, 3.05) is 77.9 Å². The van der Waals surface area contributed by atoms with E-state index in [-0.39, 0.29) is 60.2 Å². The molecule has 8 rings (SSSR count). The van der Waals surface area contributed by atoms with Gasteiger partial charge in [-0.1, -0.05) is 87.8 Å². The molecule has 98 heavy (non-hydrogen) atoms. The second-order valence-corrected chi connectivity index (χ2v) is 30.3. The van der Waals surface area contributed by atoms with E-state index in [1.807, 2.05) is 83.8 Å². The van der Waals surface area contributed by atoms with Gasteiger partial charge < -0.3 is 45.0 Å². The average molecular weight is 1410 g/mol. The normalized spacial score (nSPS) is 14.0. The molecular formula is C72H104N13O10S3+3. The van der Waals surface area contributed by atoms with Gasteiger partial charge in [-0.2, -0.15) is 8.42 Å². The van der Waals surface area contributed by atoms with E-state index in [2.05, 4.69) is 87.6 Å². The Labute approximate surface area is 582 Å². The number of hydrogen-bond acceptors (Lipinski definition) is 12. The summed E-state index contributed by atoms with van der Waals surface area (Å²) in [5.74, 6) is -0.639. The number of urea groups is 1. The first kappa shape index (κ1) is 76.0. The summed E-state index contributed by atoms with van der Waals surface area (Å²) >= 11 is 1.22. The van der Waals surface area contributed by atoms with Gasteiger partial charge >= 0.3 is 6.03 Å². The minimum atomic E-state index is -4.93. The van der Waals surface area contributed by atoms with Crippen molar-refractivity contribution in [3.63, 3.8) is 0 Å². The van der Waals surface area contributed by atoms with Crippen molar-refractivity contribution < 1.29 is 54.0 Å². The summed E-state index contributed by atoms with van der Waals surface area (Å²) in [6.45, 7) is 14.8. The predicted molar refractivity (Wildman–Crippen MR) is 385 cm³/mol. The number of aromatic nitrogens is 3. The summed E-state index contributed by atoms with van der Waals surface area (Å²) in [5.41, 5.74) is 5.22. The number of carbonyl (C=O) groups is 4. The molecule has 26 heteroatoms. The van der Waals surface area contributed by atoms with Crippen LogP contribution in [0.2, 0.25) is 0 Å². The highest BCUT2D eigenvalue weighted by molar-refractivity contribution is 7.89. The van der Waals surface area contributed by atoms with Crippen LogP contribution in [0.1, 0.15) is 141 Å². The number of hydrogen-bond donors (Lipinski definition) is 9. The fraction of sp³-hybridized carbons (Fsp3) is 0.514. The number of nitrogens with one attached hydrogen (secondary N) is 8. The molecule has 0 spiro atoms. The smallest absolute Gasteiger partial charge is 0.314 e. The van der Waals surface area contributed by atoms with Gasteiger partial charge in [-0.15, -0.1) is 11.3 Å². The fourth-order valence-corrected chi connectivity index (χ4v) is 15.5. The van der Waals surface area contributed by atoms with Gasteiger partial charge in [0.1, 0.15) is 59.8 Å². The lowest BCUT2D eigenvalue weighted by molar-refractivity contribution is -0.895. The fourth-order valence-electron chi connectivity index (χ4n) is 12.8. The van der Waals surface area contributed by atoms with Gasteiger partial charge in [-0.3, -0.25) is 24.3 Å². The molecule has 1 saturated heterocycles. The second-order valence-electron chi connectivity index (χ2n) is 26.3. The van der Waals surface area contributed by atoms with Gasteiger partial charge in [0.2, 0.25) is 39.4 Å². The lowest BCUT2D eigenvalue weighted by atomic mass is 9.93. The van der Waals surface area contributed by atoms with Gasteiger partial charge in [-0.25, -0.2) is 32.1 Å². The third-order valence-corrected chi connectivity index (χ3v) is 21.9. The number of carbonyl (C=O) groups excluding carboxylic acids is 4. The van der Waals surface area contributed by atoms with E-state index >= 15 is 0 Å². The molecule has 2 atom stereocenters. The van der Waals surface area contributed by atoms with Crippen molar-refractivity contribution in [2.24, 2.45) is 7.05 Å². The van der Waals surface area contributed by atoms with Crippen LogP contribution in [-0.2, 0) is 61.0 Å². The largest absolute Gasteiger partial charge is 0.456 e. The number of sulfonamides is 1. The Balaban J connectivity index is 0.740. The molecule has 0 unspecified atom stereocenters. The Morgan fingerprint density at radius 1 is 0.776 bits per heavy atom. The number of aromatic amines is 1. The minimum Gasteiger partial charge on any atom is -0.456 e. The first-order valence-corrected chi connectivity index (χ1v) is 38.8. The number of anilines is 1. The maximum Gasteiger partial charge on any atom is 0.314 e. The number of amides is 5. The van der Waals surface area contributed by atoms with Crippen LogP contribution in [0.4, 0.5) is 10.5 Å². The molecule has 9 N–H and O–H groups in total. The lowest BCUT2D eigenvalue weighted by Gasteiger charge is -2.37. The van der Waals surface area contributed by atoms with Crippen molar-refractivity contribution in [1.82, 2.24) is 45.4 Å². The molecular weight excluding hydrogens is 1300 g/mol. The number of rotatable bonds is 38. The summed E-state index contributed by atoms with van der Waals surface area (Å²) < 4.78 is 80.4. The van der Waals surface area contributed by atoms with Crippen LogP contribution in [-0.4, -0.2) is 150 Å². The lowest BCUT2D eigenvalue weighted by Crippen LogP contribution is -2.57. The number of unbranched alkanes of at least 4 members (excludes halogenated alkanes) is 10. The molecule has 2 aromatic heterocycles. The molecule has 0 saturated carbocycles. The van der Waals surface area contributed by atoms with Crippen LogP contribution in [0.15, 0.2) is 117 Å². The van der Waals surface area contributed by atoms with E-state index in [9.17, 15) is 40.6 Å². The Morgan fingerprint density at radius 3 is 2.05 bits per heavy atom. The molecule has 23 nitrogen and oxygen atoms in total. The third kappa shape index (κ3) is 21.9. The summed E-state index contributed by atoms with van der Waals surface area (Å²) in [6, 6.07) is 23.2. The van der Waals surface area contributed by atoms with E-state index in [1.54, 1.807) is 17.0 Å². The molecule has 3 aromatic carbocycles. The molecule has 5 amide bonds. The van der Waals surface area contributed by atoms with Crippen LogP contribution >= 0.6 is 11.3 Å². The predicted octanol–water partition coefficient (Wildman–Crippen LogP) is 8.11. The topological polar surface area (TPSA) is 297 Å². The second kappa shape index (κ2) is 36.4. The molecule has 4 heterocycles. The van der Waals surface area contributed by atoms with Gasteiger partial charge in [0.05, 0.1) is 44.6 Å². The Kier molecular flexibility index (Phi) is 28.2. The number of likely N-dealkylation sites (tertiary alicyclic amines) is 1. The number of quaternary nitrogens is 1. The van der Waals surface area contributed by atoms with Crippen LogP contribution in [0.5, 0.6) is 0 Å². The molecule has 5 aromatic rings. The first-order valence-electron chi connectivity index (χ1n) is 35.0. The van der Waals surface area contributed by atoms with Crippen LogP contribution in [0, 0.1) is 5.41 Å². The zero-order valence-electron chi connectivity index (χ0n) is 58.2. The summed E-state index contributed by atoms with van der Waals surface area (Å²) in [6.07, 6.45) is 16.2. The quantitative estimate of drug-likeness (QED) is 0.00585. The van der Waals surface area contributed by atoms with E-state index in [0.717, 1.165) is 143 Å². The van der Waals surface area contributed by atoms with Crippen LogP contribution < -0.4 is 55.5 Å². The summed E-state index contributed by atoms with van der Waals surface area (Å²) in [4.78, 5) is 59.8. The van der Waals surface area contributed by atoms with Gasteiger partial charge in [0.25, 0.3) is 10.1 Å². The maximum absolute atomic E-state index is 14.3.